The van der Waals surface area contributed by atoms with Crippen molar-refractivity contribution in [2.45, 2.75) is 6.42 Å². The van der Waals surface area contributed by atoms with Gasteiger partial charge in [-0.05, 0) is 69.5 Å². The molecule has 2 rings (SSSR count). The number of carbonyl (C=O) groups is 2. The second-order valence-corrected chi connectivity index (χ2v) is 6.40. The number of nitrogens with one attached hydrogen (secondary N) is 2. The molecule has 0 saturated heterocycles. The second-order valence-electron chi connectivity index (χ2n) is 6.40. The summed E-state index contributed by atoms with van der Waals surface area (Å²) >= 11 is 0. The van der Waals surface area contributed by atoms with Gasteiger partial charge in [0.05, 0.1) is 12.7 Å². The Hall–Kier alpha value is -3.06. The maximum absolute atomic E-state index is 12.5. The van der Waals surface area contributed by atoms with Gasteiger partial charge in [0.15, 0.2) is 0 Å². The van der Waals surface area contributed by atoms with Crippen LogP contribution >= 0.6 is 0 Å². The molecule has 0 unspecified atom stereocenters. The fraction of sp³-hybridized carbons (Fsp3) is 0.300. The third-order valence-corrected chi connectivity index (χ3v) is 3.94. The van der Waals surface area contributed by atoms with Crippen molar-refractivity contribution in [1.29, 1.82) is 0 Å². The van der Waals surface area contributed by atoms with Crippen LogP contribution in [0.5, 0.6) is 5.75 Å². The Balaban J connectivity index is 2.08. The number of methoxy groups -OCH3 is 1. The Bertz CT molecular complexity index is 788. The molecule has 0 radical (unpaired) electrons. The Labute approximate surface area is 159 Å². The van der Waals surface area contributed by atoms with Gasteiger partial charge in [0.2, 0.25) is 0 Å². The van der Waals surface area contributed by atoms with E-state index in [1.165, 1.54) is 7.11 Å². The zero-order valence-electron chi connectivity index (χ0n) is 15.9. The maximum Gasteiger partial charge on any atom is 0.255 e. The van der Waals surface area contributed by atoms with Gasteiger partial charge in [-0.1, -0.05) is 0 Å². The van der Waals surface area contributed by atoms with Gasteiger partial charge in [0.1, 0.15) is 5.75 Å². The fourth-order valence-corrected chi connectivity index (χ4v) is 2.49. The van der Waals surface area contributed by atoms with E-state index in [-0.39, 0.29) is 11.8 Å². The molecule has 0 aromatic heterocycles. The molecule has 0 atom stereocenters. The van der Waals surface area contributed by atoms with Crippen LogP contribution in [0.4, 0.5) is 11.4 Å². The molecule has 0 aliphatic carbocycles. The first-order valence-corrected chi connectivity index (χ1v) is 8.68. The molecule has 0 saturated carbocycles. The maximum atomic E-state index is 12.5. The van der Waals surface area contributed by atoms with Crippen LogP contribution in [0.2, 0.25) is 0 Å². The summed E-state index contributed by atoms with van der Waals surface area (Å²) in [5, 5.41) is 5.66. The Kier molecular flexibility index (Phi) is 7.19. The van der Waals surface area contributed by atoms with E-state index in [1.54, 1.807) is 42.5 Å². The monoisotopic (exact) mass is 370 g/mol. The fourth-order valence-electron chi connectivity index (χ4n) is 2.49. The first-order chi connectivity index (χ1) is 12.9. The number of benzene rings is 2. The van der Waals surface area contributed by atoms with Crippen molar-refractivity contribution in [1.82, 2.24) is 10.2 Å². The van der Waals surface area contributed by atoms with Crippen molar-refractivity contribution in [3.63, 3.8) is 0 Å². The summed E-state index contributed by atoms with van der Waals surface area (Å²) in [6.07, 6.45) is 0.842. The van der Waals surface area contributed by atoms with Crippen molar-refractivity contribution in [3.05, 3.63) is 53.6 Å². The van der Waals surface area contributed by atoms with Gasteiger partial charge in [0, 0.05) is 23.5 Å². The van der Waals surface area contributed by atoms with Gasteiger partial charge >= 0.3 is 0 Å². The summed E-state index contributed by atoms with van der Waals surface area (Å²) in [6.45, 7) is 1.44. The lowest BCUT2D eigenvalue weighted by molar-refractivity contribution is 0.0948. The minimum atomic E-state index is -0.280. The summed E-state index contributed by atoms with van der Waals surface area (Å²) in [5.74, 6) is -0.0720. The number of hydrogen-bond acceptors (Lipinski definition) is 5. The van der Waals surface area contributed by atoms with Gasteiger partial charge in [-0.15, -0.1) is 0 Å². The number of nitrogen functional groups attached to an aromatic ring is 1. The van der Waals surface area contributed by atoms with E-state index in [0.717, 1.165) is 13.0 Å². The summed E-state index contributed by atoms with van der Waals surface area (Å²) in [6, 6.07) is 11.6. The summed E-state index contributed by atoms with van der Waals surface area (Å²) < 4.78 is 5.27. The van der Waals surface area contributed by atoms with Gasteiger partial charge in [0.25, 0.3) is 11.8 Å². The lowest BCUT2D eigenvalue weighted by atomic mass is 10.1. The molecule has 7 nitrogen and oxygen atoms in total. The van der Waals surface area contributed by atoms with Crippen molar-refractivity contribution in [2.75, 3.05) is 45.3 Å². The average molecular weight is 370 g/mol. The van der Waals surface area contributed by atoms with Crippen LogP contribution in [0, 0.1) is 0 Å². The Morgan fingerprint density at radius 1 is 1.07 bits per heavy atom. The van der Waals surface area contributed by atoms with E-state index in [1.807, 2.05) is 14.1 Å². The van der Waals surface area contributed by atoms with E-state index >= 15 is 0 Å². The third-order valence-electron chi connectivity index (χ3n) is 3.94. The zero-order chi connectivity index (χ0) is 19.8. The van der Waals surface area contributed by atoms with Gasteiger partial charge in [-0.3, -0.25) is 9.59 Å². The highest BCUT2D eigenvalue weighted by Crippen LogP contribution is 2.23. The van der Waals surface area contributed by atoms with Gasteiger partial charge in [-0.25, -0.2) is 0 Å². The number of ether oxygens (including phenoxy) is 1. The van der Waals surface area contributed by atoms with Crippen molar-refractivity contribution in [3.8, 4) is 5.75 Å². The highest BCUT2D eigenvalue weighted by molar-refractivity contribution is 6.05. The van der Waals surface area contributed by atoms with Crippen LogP contribution in [-0.2, 0) is 0 Å². The van der Waals surface area contributed by atoms with Crippen LogP contribution in [0.25, 0.3) is 0 Å². The van der Waals surface area contributed by atoms with Crippen LogP contribution in [0.1, 0.15) is 27.1 Å². The van der Waals surface area contributed by atoms with E-state index in [0.29, 0.717) is 34.8 Å². The van der Waals surface area contributed by atoms with Crippen LogP contribution in [0.3, 0.4) is 0 Å². The molecule has 27 heavy (non-hydrogen) atoms. The topological polar surface area (TPSA) is 96.7 Å². The molecule has 2 aromatic carbocycles. The molecule has 2 amide bonds. The molecular formula is C20H26N4O3. The number of amides is 2. The predicted octanol–water partition coefficient (Wildman–Crippen LogP) is 2.21. The summed E-state index contributed by atoms with van der Waals surface area (Å²) in [5.41, 5.74) is 7.59. The molecule has 0 aliphatic heterocycles. The second kappa shape index (κ2) is 9.59. The standard InChI is InChI=1S/C20H26N4O3/c1-24(2)12-4-11-22-20(26)17-13-16(9-10-18(17)27-3)23-19(25)14-5-7-15(21)8-6-14/h5-10,13H,4,11-12,21H2,1-3H3,(H,22,26)(H,23,25). The molecule has 7 heteroatoms. The smallest absolute Gasteiger partial charge is 0.255 e. The molecule has 144 valence electrons. The van der Waals surface area contributed by atoms with E-state index in [2.05, 4.69) is 15.5 Å². The quantitative estimate of drug-likeness (QED) is 0.489. The predicted molar refractivity (Wildman–Crippen MR) is 107 cm³/mol. The first-order valence-electron chi connectivity index (χ1n) is 8.68. The van der Waals surface area contributed by atoms with Crippen LogP contribution in [0.15, 0.2) is 42.5 Å². The summed E-state index contributed by atoms with van der Waals surface area (Å²) in [4.78, 5) is 26.9. The minimum Gasteiger partial charge on any atom is -0.496 e. The SMILES string of the molecule is COc1ccc(NC(=O)c2ccc(N)cc2)cc1C(=O)NCCCN(C)C. The normalized spacial score (nSPS) is 10.5. The number of hydrogen-bond donors (Lipinski definition) is 3. The van der Waals surface area contributed by atoms with E-state index in [9.17, 15) is 9.59 Å². The molecule has 2 aromatic rings. The van der Waals surface area contributed by atoms with Crippen molar-refractivity contribution < 1.29 is 14.3 Å². The largest absolute Gasteiger partial charge is 0.496 e. The van der Waals surface area contributed by atoms with E-state index < -0.39 is 0 Å². The molecule has 0 fully saturated rings. The number of nitrogens with two attached hydrogens (primary N) is 1. The first kappa shape index (κ1) is 20.3. The number of carbonyl (C=O) groups excluding carboxylic acids is 2. The highest BCUT2D eigenvalue weighted by atomic mass is 16.5. The number of anilines is 2. The van der Waals surface area contributed by atoms with Crippen LogP contribution < -0.4 is 21.1 Å². The lowest BCUT2D eigenvalue weighted by Gasteiger charge is -2.13. The highest BCUT2D eigenvalue weighted by Gasteiger charge is 2.14. The molecule has 4 N–H and O–H groups in total. The van der Waals surface area contributed by atoms with Crippen LogP contribution in [-0.4, -0.2) is 51.0 Å². The lowest BCUT2D eigenvalue weighted by Crippen LogP contribution is -2.27. The molecule has 0 aliphatic rings. The molecule has 0 heterocycles. The number of rotatable bonds is 8. The molecule has 0 spiro atoms. The Morgan fingerprint density at radius 2 is 1.78 bits per heavy atom. The zero-order valence-corrected chi connectivity index (χ0v) is 15.9. The Morgan fingerprint density at radius 3 is 2.41 bits per heavy atom. The van der Waals surface area contributed by atoms with E-state index in [4.69, 9.17) is 10.5 Å². The average Bonchev–Trinajstić information content (AvgIpc) is 2.65. The van der Waals surface area contributed by atoms with Crippen molar-refractivity contribution in [2.24, 2.45) is 0 Å². The van der Waals surface area contributed by atoms with Gasteiger partial charge < -0.3 is 26.0 Å². The number of nitrogens with zero attached hydrogens (tertiary/aromatic N) is 1. The van der Waals surface area contributed by atoms with Crippen molar-refractivity contribution >= 4 is 23.2 Å². The minimum absolute atomic E-state index is 0.241. The molecule has 0 bridgehead atoms. The van der Waals surface area contributed by atoms with Gasteiger partial charge in [-0.2, -0.15) is 0 Å². The molecular weight excluding hydrogens is 344 g/mol. The summed E-state index contributed by atoms with van der Waals surface area (Å²) in [7, 11) is 5.47. The third kappa shape index (κ3) is 6.00.